The largest absolute Gasteiger partial charge is 0.489 e. The van der Waals surface area contributed by atoms with Crippen LogP contribution in [0.1, 0.15) is 30.4 Å². The van der Waals surface area contributed by atoms with Gasteiger partial charge in [0.25, 0.3) is 0 Å². The van der Waals surface area contributed by atoms with Crippen LogP contribution in [0.5, 0.6) is 5.75 Å². The van der Waals surface area contributed by atoms with Crippen molar-refractivity contribution in [2.75, 3.05) is 13.2 Å². The summed E-state index contributed by atoms with van der Waals surface area (Å²) < 4.78 is 6.06. The van der Waals surface area contributed by atoms with Gasteiger partial charge in [-0.15, -0.1) is 0 Å². The molecular weight excluding hydrogens is 276 g/mol. The molecule has 2 atom stereocenters. The molecule has 0 unspecified atom stereocenters. The molecule has 0 amide bonds. The normalized spacial score (nSPS) is 23.3. The van der Waals surface area contributed by atoms with Crippen molar-refractivity contribution in [1.29, 1.82) is 0 Å². The summed E-state index contributed by atoms with van der Waals surface area (Å²) in [6.07, 6.45) is 3.54. The molecule has 0 bridgehead atoms. The summed E-state index contributed by atoms with van der Waals surface area (Å²) in [5.41, 5.74) is 2.10. The van der Waals surface area contributed by atoms with Gasteiger partial charge in [-0.1, -0.05) is 37.3 Å². The summed E-state index contributed by atoms with van der Waals surface area (Å²) >= 11 is 0. The number of benzene rings is 1. The molecule has 1 aliphatic rings. The highest BCUT2D eigenvalue weighted by atomic mass is 16.5. The first-order valence-electron chi connectivity index (χ1n) is 7.81. The van der Waals surface area contributed by atoms with Gasteiger partial charge >= 0.3 is 0 Å². The van der Waals surface area contributed by atoms with Crippen LogP contribution in [0, 0.1) is 12.8 Å². The predicted octanol–water partition coefficient (Wildman–Crippen LogP) is 2.68. The molecule has 1 aromatic carbocycles. The van der Waals surface area contributed by atoms with Crippen LogP contribution in [-0.4, -0.2) is 28.3 Å². The van der Waals surface area contributed by atoms with Crippen molar-refractivity contribution in [2.45, 2.75) is 32.1 Å². The van der Waals surface area contributed by atoms with E-state index in [0.29, 0.717) is 6.61 Å². The third-order valence-electron chi connectivity index (χ3n) is 4.57. The van der Waals surface area contributed by atoms with E-state index in [9.17, 15) is 5.11 Å². The van der Waals surface area contributed by atoms with E-state index < -0.39 is 0 Å². The van der Waals surface area contributed by atoms with Crippen molar-refractivity contribution in [3.05, 3.63) is 53.6 Å². The molecule has 116 valence electrons. The van der Waals surface area contributed by atoms with E-state index >= 15 is 0 Å². The lowest BCUT2D eigenvalue weighted by Gasteiger charge is -2.19. The second-order valence-corrected chi connectivity index (χ2v) is 5.98. The molecule has 0 spiro atoms. The van der Waals surface area contributed by atoms with Crippen LogP contribution in [0.2, 0.25) is 0 Å². The fourth-order valence-electron chi connectivity index (χ4n) is 3.09. The molecule has 1 aromatic heterocycles. The first-order chi connectivity index (χ1) is 10.7. The Kier molecular flexibility index (Phi) is 4.12. The Morgan fingerprint density at radius 3 is 2.73 bits per heavy atom. The minimum absolute atomic E-state index is 0.0775. The Hall–Kier alpha value is -1.94. The van der Waals surface area contributed by atoms with E-state index in [0.717, 1.165) is 30.1 Å². The molecule has 1 heterocycles. The summed E-state index contributed by atoms with van der Waals surface area (Å²) in [6.45, 7) is 4.71. The third kappa shape index (κ3) is 2.71. The van der Waals surface area contributed by atoms with Gasteiger partial charge in [-0.2, -0.15) is 0 Å². The van der Waals surface area contributed by atoms with Crippen LogP contribution >= 0.6 is 0 Å². The first-order valence-corrected chi connectivity index (χ1v) is 7.81. The molecule has 3 rings (SSSR count). The van der Waals surface area contributed by atoms with E-state index in [1.807, 2.05) is 25.1 Å². The Morgan fingerprint density at radius 1 is 1.32 bits per heavy atom. The van der Waals surface area contributed by atoms with Crippen LogP contribution in [-0.2, 0) is 11.8 Å². The Labute approximate surface area is 131 Å². The van der Waals surface area contributed by atoms with E-state index in [1.165, 1.54) is 5.56 Å². The molecular formula is C18H22N2O2. The molecule has 1 fully saturated rings. The van der Waals surface area contributed by atoms with Gasteiger partial charge in [0.05, 0.1) is 18.5 Å². The number of aliphatic hydroxyl groups is 1. The molecule has 1 N–H and O–H groups in total. The molecule has 1 saturated carbocycles. The van der Waals surface area contributed by atoms with Crippen LogP contribution < -0.4 is 4.74 Å². The Morgan fingerprint density at radius 2 is 2.09 bits per heavy atom. The maximum absolute atomic E-state index is 9.56. The molecule has 22 heavy (non-hydrogen) atoms. The average molecular weight is 298 g/mol. The number of aliphatic hydroxyl groups excluding tert-OH is 1. The zero-order valence-electron chi connectivity index (χ0n) is 13.1. The van der Waals surface area contributed by atoms with Crippen molar-refractivity contribution in [3.63, 3.8) is 0 Å². The molecule has 4 heteroatoms. The summed E-state index contributed by atoms with van der Waals surface area (Å²) in [5.74, 6) is 1.79. The second kappa shape index (κ2) is 6.05. The zero-order valence-corrected chi connectivity index (χ0v) is 13.1. The number of hydrogen-bond acceptors (Lipinski definition) is 4. The lowest BCUT2D eigenvalue weighted by Crippen LogP contribution is -2.22. The predicted molar refractivity (Wildman–Crippen MR) is 85.0 cm³/mol. The minimum Gasteiger partial charge on any atom is -0.489 e. The van der Waals surface area contributed by atoms with Gasteiger partial charge in [0.15, 0.2) is 5.75 Å². The highest BCUT2D eigenvalue weighted by Gasteiger charge is 2.55. The van der Waals surface area contributed by atoms with Crippen molar-refractivity contribution in [1.82, 2.24) is 9.97 Å². The van der Waals surface area contributed by atoms with Gasteiger partial charge in [0.2, 0.25) is 0 Å². The SMILES string of the molecule is CCc1nc(C)ncc1OC[C@@]1(c2ccccc2)C[C@H]1CO. The molecule has 1 aliphatic carbocycles. The molecule has 0 saturated heterocycles. The fourth-order valence-corrected chi connectivity index (χ4v) is 3.09. The fraction of sp³-hybridized carbons (Fsp3) is 0.444. The van der Waals surface area contributed by atoms with Gasteiger partial charge < -0.3 is 9.84 Å². The van der Waals surface area contributed by atoms with Crippen molar-refractivity contribution < 1.29 is 9.84 Å². The number of ether oxygens (including phenoxy) is 1. The maximum Gasteiger partial charge on any atom is 0.159 e. The van der Waals surface area contributed by atoms with Gasteiger partial charge in [0, 0.05) is 12.0 Å². The minimum atomic E-state index is -0.0775. The van der Waals surface area contributed by atoms with Gasteiger partial charge in [-0.3, -0.25) is 0 Å². The van der Waals surface area contributed by atoms with Gasteiger partial charge in [0.1, 0.15) is 5.82 Å². The summed E-state index contributed by atoms with van der Waals surface area (Å²) in [6, 6.07) is 10.3. The molecule has 0 aliphatic heterocycles. The number of aryl methyl sites for hydroxylation is 2. The van der Waals surface area contributed by atoms with Gasteiger partial charge in [-0.05, 0) is 31.2 Å². The highest BCUT2D eigenvalue weighted by molar-refractivity contribution is 5.35. The second-order valence-electron chi connectivity index (χ2n) is 5.98. The van der Waals surface area contributed by atoms with E-state index in [-0.39, 0.29) is 17.9 Å². The monoisotopic (exact) mass is 298 g/mol. The van der Waals surface area contributed by atoms with Crippen LogP contribution in [0.3, 0.4) is 0 Å². The topological polar surface area (TPSA) is 55.2 Å². The number of rotatable bonds is 6. The summed E-state index contributed by atoms with van der Waals surface area (Å²) in [4.78, 5) is 8.67. The van der Waals surface area contributed by atoms with Crippen LogP contribution in [0.25, 0.3) is 0 Å². The summed E-state index contributed by atoms with van der Waals surface area (Å²) in [5, 5.41) is 9.56. The van der Waals surface area contributed by atoms with E-state index in [2.05, 4.69) is 29.0 Å². The molecule has 0 radical (unpaired) electrons. The lowest BCUT2D eigenvalue weighted by atomic mass is 9.94. The smallest absolute Gasteiger partial charge is 0.159 e. The Bertz CT molecular complexity index is 645. The van der Waals surface area contributed by atoms with Crippen LogP contribution in [0.4, 0.5) is 0 Å². The number of nitrogens with zero attached hydrogens (tertiary/aromatic N) is 2. The van der Waals surface area contributed by atoms with E-state index in [4.69, 9.17) is 4.74 Å². The maximum atomic E-state index is 9.56. The third-order valence-corrected chi connectivity index (χ3v) is 4.57. The van der Waals surface area contributed by atoms with Crippen molar-refractivity contribution >= 4 is 0 Å². The summed E-state index contributed by atoms with van der Waals surface area (Å²) in [7, 11) is 0. The van der Waals surface area contributed by atoms with Gasteiger partial charge in [-0.25, -0.2) is 9.97 Å². The quantitative estimate of drug-likeness (QED) is 0.891. The lowest BCUT2D eigenvalue weighted by molar-refractivity contribution is 0.224. The van der Waals surface area contributed by atoms with Crippen molar-refractivity contribution in [2.24, 2.45) is 5.92 Å². The van der Waals surface area contributed by atoms with Crippen molar-refractivity contribution in [3.8, 4) is 5.75 Å². The first kappa shape index (κ1) is 15.0. The average Bonchev–Trinajstić information content (AvgIpc) is 3.29. The molecule has 2 aromatic rings. The zero-order chi connectivity index (χ0) is 15.6. The van der Waals surface area contributed by atoms with E-state index in [1.54, 1.807) is 6.20 Å². The highest BCUT2D eigenvalue weighted by Crippen LogP contribution is 2.54. The molecule has 4 nitrogen and oxygen atoms in total. The number of aromatic nitrogens is 2. The standard InChI is InChI=1S/C18H22N2O2/c1-3-16-17(10-19-13(2)20-16)22-12-18(9-15(18)11-21)14-7-5-4-6-8-14/h4-8,10,15,21H,3,9,11-12H2,1-2H3/t15-,18+/m0/s1. The Balaban J connectivity index is 1.80. The number of hydrogen-bond donors (Lipinski definition) is 1. The van der Waals surface area contributed by atoms with Crippen LogP contribution in [0.15, 0.2) is 36.5 Å².